The molecule has 1 heterocycles. The van der Waals surface area contributed by atoms with Crippen LogP contribution in [0.2, 0.25) is 0 Å². The first-order chi connectivity index (χ1) is 44.5. The minimum atomic E-state index is 0.417. The Morgan fingerprint density at radius 1 is 0.319 bits per heavy atom. The number of benzene rings is 8. The molecule has 0 aliphatic heterocycles. The van der Waals surface area contributed by atoms with Gasteiger partial charge in [0.15, 0.2) is 5.05 Å². The van der Waals surface area contributed by atoms with Gasteiger partial charge < -0.3 is 14.4 Å². The smallest absolute Gasteiger partial charge is 0.264 e. The Hall–Kier alpha value is -5.40. The molecular weight excluding hydrogens is 1160 g/mol. The molecule has 0 radical (unpaired) electrons. The Balaban J connectivity index is 0.000000239. The average molecular weight is 1280 g/mol. The second kappa shape index (κ2) is 39.3. The van der Waals surface area contributed by atoms with Crippen LogP contribution in [0.4, 0.5) is 0 Å². The zero-order chi connectivity index (χ0) is 64.0. The molecule has 91 heavy (non-hydrogen) atoms. The highest BCUT2D eigenvalue weighted by Crippen LogP contribution is 2.43. The van der Waals surface area contributed by atoms with E-state index in [1.165, 1.54) is 282 Å². The van der Waals surface area contributed by atoms with Crippen LogP contribution in [0, 0.1) is 0 Å². The largest absolute Gasteiger partial charge is 0.450 e. The maximum atomic E-state index is 6.41. The van der Waals surface area contributed by atoms with Crippen LogP contribution in [0.3, 0.4) is 0 Å². The summed E-state index contributed by atoms with van der Waals surface area (Å²) < 4.78 is 15.5. The van der Waals surface area contributed by atoms with Gasteiger partial charge in [-0.15, -0.1) is 11.3 Å². The fourth-order valence-corrected chi connectivity index (χ4v) is 14.8. The number of fused-ring (bicyclic) bond motifs is 7. The van der Waals surface area contributed by atoms with Crippen molar-refractivity contribution in [2.45, 2.75) is 266 Å². The Bertz CT molecular complexity index is 3570. The predicted octanol–water partition coefficient (Wildman–Crippen LogP) is 27.7. The third-order valence-corrected chi connectivity index (χ3v) is 20.6. The molecule has 0 unspecified atom stereocenters. The molecular formula is C85H113NO2S3. The molecule has 0 spiro atoms. The van der Waals surface area contributed by atoms with Gasteiger partial charge in [0.1, 0.15) is 11.5 Å². The molecule has 9 aromatic rings. The monoisotopic (exact) mass is 1280 g/mol. The molecule has 0 aliphatic rings. The molecule has 0 amide bonds. The fourth-order valence-electron chi connectivity index (χ4n) is 13.4. The molecule has 9 rings (SSSR count). The Labute approximate surface area is 565 Å². The topological polar surface area (TPSA) is 21.7 Å². The number of nitrogens with zero attached hydrogens (tertiary/aromatic N) is 1. The molecule has 0 fully saturated rings. The normalized spacial score (nSPS) is 11.6. The molecule has 488 valence electrons. The first-order valence-corrected chi connectivity index (χ1v) is 38.2. The molecule has 1 aromatic heterocycles. The summed E-state index contributed by atoms with van der Waals surface area (Å²) in [6.45, 7) is 11.0. The number of thiocarbonyl (C=S) groups is 2. The molecule has 0 bridgehead atoms. The molecule has 6 heteroatoms. The zero-order valence-electron chi connectivity index (χ0n) is 57.5. The maximum absolute atomic E-state index is 6.41. The van der Waals surface area contributed by atoms with Crippen LogP contribution in [0.15, 0.2) is 121 Å². The van der Waals surface area contributed by atoms with E-state index in [4.69, 9.17) is 33.9 Å². The van der Waals surface area contributed by atoms with Gasteiger partial charge in [0.25, 0.3) is 5.17 Å². The number of unbranched alkanes of at least 4 members (excludes halogenated alkanes) is 28. The lowest BCUT2D eigenvalue weighted by Crippen LogP contribution is -2.25. The van der Waals surface area contributed by atoms with Gasteiger partial charge in [-0.05, 0) is 190 Å². The van der Waals surface area contributed by atoms with Crippen molar-refractivity contribution >= 4 is 109 Å². The highest BCUT2D eigenvalue weighted by atomic mass is 32.1. The Morgan fingerprint density at radius 2 is 0.593 bits per heavy atom. The van der Waals surface area contributed by atoms with Gasteiger partial charge in [-0.1, -0.05) is 280 Å². The lowest BCUT2D eigenvalue weighted by atomic mass is 9.94. The van der Waals surface area contributed by atoms with Gasteiger partial charge in [0, 0.05) is 52.3 Å². The van der Waals surface area contributed by atoms with E-state index in [1.54, 1.807) is 0 Å². The fraction of sp³-hybridized carbons (Fsp3) is 0.506. The summed E-state index contributed by atoms with van der Waals surface area (Å²) in [7, 11) is 3.83. The lowest BCUT2D eigenvalue weighted by Gasteiger charge is -2.20. The molecule has 0 atom stereocenters. The van der Waals surface area contributed by atoms with Gasteiger partial charge in [-0.3, -0.25) is 0 Å². The molecule has 3 nitrogen and oxygen atoms in total. The summed E-state index contributed by atoms with van der Waals surface area (Å²) in [5.41, 5.74) is 7.62. The van der Waals surface area contributed by atoms with E-state index in [-0.39, 0.29) is 0 Å². The van der Waals surface area contributed by atoms with Crippen LogP contribution in [0.25, 0.3) is 74.4 Å². The second-order valence-corrected chi connectivity index (χ2v) is 29.0. The predicted molar refractivity (Wildman–Crippen MR) is 412 cm³/mol. The Morgan fingerprint density at radius 3 is 0.890 bits per heavy atom. The molecule has 8 aromatic carbocycles. The minimum absolute atomic E-state index is 0.417. The maximum Gasteiger partial charge on any atom is 0.264 e. The average Bonchev–Trinajstić information content (AvgIpc) is 1.76. The lowest BCUT2D eigenvalue weighted by molar-refractivity contribution is 0.450. The molecule has 0 saturated heterocycles. The van der Waals surface area contributed by atoms with Crippen molar-refractivity contribution in [1.82, 2.24) is 4.90 Å². The summed E-state index contributed by atoms with van der Waals surface area (Å²) in [5.74, 6) is 1.46. The van der Waals surface area contributed by atoms with Crippen molar-refractivity contribution in [3.05, 3.63) is 144 Å². The van der Waals surface area contributed by atoms with Crippen LogP contribution in [-0.4, -0.2) is 29.2 Å². The Kier molecular flexibility index (Phi) is 30.9. The van der Waals surface area contributed by atoms with Gasteiger partial charge >= 0.3 is 0 Å². The third kappa shape index (κ3) is 22.9. The standard InChI is InChI=1S/C45H61NO2S2.C40H52S/c1-6-8-10-12-14-16-18-20-22-35-24-26-37-30-41(43(47-34(3)49)32-39(37)28-35)42-31-38-27-25-36(23-21-19-17-15-13-11-9-7-2)29-40(38)33-44(42)48-45(50)46(4)5;1-3-5-7-9-11-13-15-17-19-31-21-23-33-27-37-38-28-34-24-22-32(20-18-16-14-12-10-8-6-4-2)26-36(34)30-40(38)41-39(37)29-35(33)25-31/h24-33H,6-23H2,1-5H3;21-30H,3-20H2,1-2H3. The number of rotatable bonds is 39. The number of aryl methyl sites for hydroxylation is 4. The van der Waals surface area contributed by atoms with E-state index in [2.05, 4.69) is 149 Å². The summed E-state index contributed by atoms with van der Waals surface area (Å²) >= 11 is 13.1. The number of hydrogen-bond acceptors (Lipinski definition) is 5. The van der Waals surface area contributed by atoms with Crippen molar-refractivity contribution in [2.75, 3.05) is 14.1 Å². The van der Waals surface area contributed by atoms with Crippen molar-refractivity contribution < 1.29 is 9.47 Å². The summed E-state index contributed by atoms with van der Waals surface area (Å²) in [5, 5.41) is 13.9. The van der Waals surface area contributed by atoms with E-state index in [1.807, 2.05) is 37.3 Å². The van der Waals surface area contributed by atoms with Crippen LogP contribution >= 0.6 is 35.8 Å². The van der Waals surface area contributed by atoms with Crippen LogP contribution < -0.4 is 9.47 Å². The zero-order valence-corrected chi connectivity index (χ0v) is 59.9. The van der Waals surface area contributed by atoms with Crippen molar-refractivity contribution in [3.8, 4) is 22.6 Å². The van der Waals surface area contributed by atoms with Gasteiger partial charge in [0.2, 0.25) is 0 Å². The van der Waals surface area contributed by atoms with Crippen molar-refractivity contribution in [1.29, 1.82) is 0 Å². The minimum Gasteiger partial charge on any atom is -0.450 e. The quantitative estimate of drug-likeness (QED) is 0.0282. The van der Waals surface area contributed by atoms with E-state index in [9.17, 15) is 0 Å². The highest BCUT2D eigenvalue weighted by molar-refractivity contribution is 7.80. The number of thiophene rings is 1. The molecule has 0 saturated carbocycles. The second-order valence-electron chi connectivity index (χ2n) is 27.0. The number of ether oxygens (including phenoxy) is 2. The van der Waals surface area contributed by atoms with E-state index >= 15 is 0 Å². The summed E-state index contributed by atoms with van der Waals surface area (Å²) in [6, 6.07) is 46.5. The van der Waals surface area contributed by atoms with Crippen molar-refractivity contribution in [2.24, 2.45) is 0 Å². The number of hydrogen-bond donors (Lipinski definition) is 0. The van der Waals surface area contributed by atoms with Gasteiger partial charge in [0.05, 0.1) is 0 Å². The molecule has 0 aliphatic carbocycles. The van der Waals surface area contributed by atoms with E-state index < -0.39 is 0 Å². The van der Waals surface area contributed by atoms with Gasteiger partial charge in [-0.2, -0.15) is 0 Å². The van der Waals surface area contributed by atoms with E-state index in [0.29, 0.717) is 10.2 Å². The highest BCUT2D eigenvalue weighted by Gasteiger charge is 2.19. The van der Waals surface area contributed by atoms with Crippen molar-refractivity contribution in [3.63, 3.8) is 0 Å². The third-order valence-electron chi connectivity index (χ3n) is 18.9. The summed E-state index contributed by atoms with van der Waals surface area (Å²) in [6.07, 6.45) is 48.1. The molecule has 0 N–H and O–H groups in total. The van der Waals surface area contributed by atoms with Crippen LogP contribution in [-0.2, 0) is 25.7 Å². The first kappa shape index (κ1) is 71.4. The van der Waals surface area contributed by atoms with Crippen LogP contribution in [0.5, 0.6) is 11.5 Å². The van der Waals surface area contributed by atoms with Gasteiger partial charge in [-0.25, -0.2) is 0 Å². The van der Waals surface area contributed by atoms with E-state index in [0.717, 1.165) is 57.0 Å². The first-order valence-electron chi connectivity index (χ1n) is 36.6. The SMILES string of the molecule is CCCCCCCCCCc1ccc2cc(-c3cc4ccc(CCCCCCCCCC)cc4cc3OC(=S)N(C)C)c(OC(C)=S)cc2c1.CCCCCCCCCCc1ccc2cc3c(cc2c1)sc1cc2cc(CCCCCCCCCC)ccc2cc13. The van der Waals surface area contributed by atoms with Crippen LogP contribution in [0.1, 0.15) is 262 Å². The summed E-state index contributed by atoms with van der Waals surface area (Å²) in [4.78, 5) is 1.83.